The van der Waals surface area contributed by atoms with Crippen LogP contribution in [-0.4, -0.2) is 25.1 Å². The third-order valence-electron chi connectivity index (χ3n) is 6.51. The molecule has 0 aliphatic heterocycles. The molecule has 40 heavy (non-hydrogen) atoms. The minimum Gasteiger partial charge on any atom is -0.241 e. The summed E-state index contributed by atoms with van der Waals surface area (Å²) in [5, 5.41) is 0.442. The summed E-state index contributed by atoms with van der Waals surface area (Å²) in [6.07, 6.45) is 1.29. The topological polar surface area (TPSA) is 76.5 Å². The number of aromatic nitrogens is 1. The molecular weight excluding hydrogens is 561 g/mol. The van der Waals surface area contributed by atoms with Gasteiger partial charge < -0.3 is 0 Å². The number of sulfonamides is 1. The first kappa shape index (κ1) is 27.6. The quantitative estimate of drug-likeness (QED) is 0.224. The van der Waals surface area contributed by atoms with Crippen molar-refractivity contribution in [3.63, 3.8) is 0 Å². The fraction of sp³-hybridized carbons (Fsp3) is 0.103. The van der Waals surface area contributed by atoms with Gasteiger partial charge in [-0.2, -0.15) is 4.31 Å². The summed E-state index contributed by atoms with van der Waals surface area (Å²) < 4.78 is 98.7. The summed E-state index contributed by atoms with van der Waals surface area (Å²) in [6.45, 7) is 0.940. The zero-order valence-electron chi connectivity index (χ0n) is 21.1. The van der Waals surface area contributed by atoms with E-state index in [2.05, 4.69) is 0 Å². The van der Waals surface area contributed by atoms with Gasteiger partial charge in [0.15, 0.2) is 11.6 Å². The smallest absolute Gasteiger partial charge is 0.241 e. The van der Waals surface area contributed by atoms with Crippen LogP contribution in [0.4, 0.5) is 13.2 Å². The lowest BCUT2D eigenvalue weighted by atomic mass is 10.1. The monoisotopic (exact) mass is 584 g/mol. The fourth-order valence-corrected chi connectivity index (χ4v) is 7.19. The third kappa shape index (κ3) is 5.15. The molecule has 1 heterocycles. The Labute approximate surface area is 230 Å². The van der Waals surface area contributed by atoms with Crippen LogP contribution in [0.3, 0.4) is 0 Å². The molecule has 1 aromatic heterocycles. The molecule has 0 radical (unpaired) electrons. The average molecular weight is 585 g/mol. The van der Waals surface area contributed by atoms with Crippen molar-refractivity contribution in [3.05, 3.63) is 131 Å². The standard InChI is InChI=1S/C29H23F3N2O4S2/c1-20-9-13-24(14-10-20)39(35,36)33(17-21-5-4-7-27(31)29(21)32)18-22-19-34(28-8-3-2-6-26(22)28)40(37,38)25-15-11-23(30)12-16-25/h2-16,19H,17-18H2,1H3. The highest BCUT2D eigenvalue weighted by atomic mass is 32.2. The lowest BCUT2D eigenvalue weighted by molar-refractivity contribution is 0.389. The van der Waals surface area contributed by atoms with Gasteiger partial charge >= 0.3 is 0 Å². The molecule has 6 nitrogen and oxygen atoms in total. The Bertz CT molecular complexity index is 1920. The van der Waals surface area contributed by atoms with E-state index in [4.69, 9.17) is 0 Å². The minimum atomic E-state index is -4.25. The van der Waals surface area contributed by atoms with E-state index in [-0.39, 0.29) is 27.4 Å². The van der Waals surface area contributed by atoms with E-state index in [1.807, 2.05) is 0 Å². The summed E-state index contributed by atoms with van der Waals surface area (Å²) in [4.78, 5) is -0.218. The largest absolute Gasteiger partial charge is 0.268 e. The van der Waals surface area contributed by atoms with Gasteiger partial charge in [-0.3, -0.25) is 0 Å². The maximum atomic E-state index is 14.7. The molecular formula is C29H23F3N2O4S2. The van der Waals surface area contributed by atoms with Crippen molar-refractivity contribution < 1.29 is 30.0 Å². The Hall–Kier alpha value is -3.93. The fourth-order valence-electron chi connectivity index (χ4n) is 4.40. The van der Waals surface area contributed by atoms with E-state index in [9.17, 15) is 30.0 Å². The highest BCUT2D eigenvalue weighted by molar-refractivity contribution is 7.90. The van der Waals surface area contributed by atoms with E-state index in [1.54, 1.807) is 43.3 Å². The van der Waals surface area contributed by atoms with Crippen molar-refractivity contribution in [2.24, 2.45) is 0 Å². The van der Waals surface area contributed by atoms with E-state index in [0.29, 0.717) is 10.9 Å². The van der Waals surface area contributed by atoms with Gasteiger partial charge in [0.2, 0.25) is 10.0 Å². The first-order valence-electron chi connectivity index (χ1n) is 12.1. The maximum Gasteiger partial charge on any atom is 0.268 e. The number of hydrogen-bond donors (Lipinski definition) is 0. The Morgan fingerprint density at radius 2 is 1.32 bits per heavy atom. The number of rotatable bonds is 8. The lowest BCUT2D eigenvalue weighted by Gasteiger charge is -2.23. The second kappa shape index (κ2) is 10.6. The van der Waals surface area contributed by atoms with Crippen LogP contribution in [0, 0.1) is 24.4 Å². The second-order valence-electron chi connectivity index (χ2n) is 9.23. The van der Waals surface area contributed by atoms with Crippen molar-refractivity contribution in [1.29, 1.82) is 0 Å². The molecule has 0 saturated heterocycles. The molecule has 0 amide bonds. The highest BCUT2D eigenvalue weighted by Crippen LogP contribution is 2.30. The predicted octanol–water partition coefficient (Wildman–Crippen LogP) is 6.00. The first-order valence-corrected chi connectivity index (χ1v) is 15.0. The lowest BCUT2D eigenvalue weighted by Crippen LogP contribution is -2.30. The molecule has 206 valence electrons. The molecule has 0 atom stereocenters. The minimum absolute atomic E-state index is 0.0578. The number of halogens is 3. The first-order chi connectivity index (χ1) is 19.0. The van der Waals surface area contributed by atoms with Gasteiger partial charge in [-0.25, -0.2) is 34.0 Å². The van der Waals surface area contributed by atoms with Gasteiger partial charge in [0.1, 0.15) is 5.82 Å². The molecule has 5 rings (SSSR count). The zero-order valence-corrected chi connectivity index (χ0v) is 22.8. The van der Waals surface area contributed by atoms with Crippen LogP contribution < -0.4 is 0 Å². The Kier molecular flexibility index (Phi) is 7.30. The molecule has 0 aliphatic carbocycles. The van der Waals surface area contributed by atoms with Gasteiger partial charge in [-0.05, 0) is 61.0 Å². The summed E-state index contributed by atoms with van der Waals surface area (Å²) in [5.41, 5.74) is 1.23. The van der Waals surface area contributed by atoms with Gasteiger partial charge in [0.25, 0.3) is 10.0 Å². The van der Waals surface area contributed by atoms with Crippen LogP contribution in [0.5, 0.6) is 0 Å². The summed E-state index contributed by atoms with van der Waals surface area (Å²) in [5.74, 6) is -2.89. The van der Waals surface area contributed by atoms with Crippen molar-refractivity contribution in [2.75, 3.05) is 0 Å². The van der Waals surface area contributed by atoms with Crippen LogP contribution in [0.2, 0.25) is 0 Å². The van der Waals surface area contributed by atoms with Crippen LogP contribution in [0.25, 0.3) is 10.9 Å². The SMILES string of the molecule is Cc1ccc(S(=O)(=O)N(Cc2cccc(F)c2F)Cc2cn(S(=O)(=O)c3ccc(F)cc3)c3ccccc23)cc1. The number of hydrogen-bond acceptors (Lipinski definition) is 4. The molecule has 0 bridgehead atoms. The molecule has 4 aromatic carbocycles. The Morgan fingerprint density at radius 1 is 0.700 bits per heavy atom. The molecule has 5 aromatic rings. The number of fused-ring (bicyclic) bond motifs is 1. The highest BCUT2D eigenvalue weighted by Gasteiger charge is 2.29. The molecule has 0 saturated carbocycles. The number of nitrogens with zero attached hydrogens (tertiary/aromatic N) is 2. The molecule has 0 spiro atoms. The second-order valence-corrected chi connectivity index (χ2v) is 13.0. The molecule has 11 heteroatoms. The normalized spacial score (nSPS) is 12.3. The number of benzene rings is 4. The van der Waals surface area contributed by atoms with E-state index >= 15 is 0 Å². The van der Waals surface area contributed by atoms with Crippen molar-refractivity contribution >= 4 is 30.9 Å². The van der Waals surface area contributed by atoms with Crippen molar-refractivity contribution in [2.45, 2.75) is 29.8 Å². The Balaban J connectivity index is 1.64. The Morgan fingerprint density at radius 3 is 2.02 bits per heavy atom. The van der Waals surface area contributed by atoms with E-state index in [0.717, 1.165) is 44.2 Å². The summed E-state index contributed by atoms with van der Waals surface area (Å²) in [6, 6.07) is 20.4. The number of para-hydroxylation sites is 1. The van der Waals surface area contributed by atoms with Crippen molar-refractivity contribution in [3.8, 4) is 0 Å². The zero-order chi connectivity index (χ0) is 28.7. The van der Waals surface area contributed by atoms with Gasteiger partial charge in [0, 0.05) is 30.2 Å². The molecule has 0 aliphatic rings. The molecule has 0 fully saturated rings. The molecule has 0 N–H and O–H groups in total. The summed E-state index contributed by atoms with van der Waals surface area (Å²) >= 11 is 0. The maximum absolute atomic E-state index is 14.7. The number of aryl methyl sites for hydroxylation is 1. The van der Waals surface area contributed by atoms with Crippen LogP contribution in [-0.2, 0) is 33.1 Å². The predicted molar refractivity (Wildman–Crippen MR) is 145 cm³/mol. The third-order valence-corrected chi connectivity index (χ3v) is 10.0. The van der Waals surface area contributed by atoms with Gasteiger partial charge in [0.05, 0.1) is 15.3 Å². The van der Waals surface area contributed by atoms with E-state index < -0.39 is 44.0 Å². The van der Waals surface area contributed by atoms with Crippen LogP contribution >= 0.6 is 0 Å². The van der Waals surface area contributed by atoms with E-state index in [1.165, 1.54) is 30.5 Å². The molecule has 0 unspecified atom stereocenters. The van der Waals surface area contributed by atoms with Gasteiger partial charge in [-0.15, -0.1) is 0 Å². The van der Waals surface area contributed by atoms with Crippen molar-refractivity contribution in [1.82, 2.24) is 8.28 Å². The van der Waals surface area contributed by atoms with Crippen LogP contribution in [0.15, 0.2) is 107 Å². The average Bonchev–Trinajstić information content (AvgIpc) is 3.30. The van der Waals surface area contributed by atoms with Gasteiger partial charge in [-0.1, -0.05) is 48.0 Å². The summed E-state index contributed by atoms with van der Waals surface area (Å²) in [7, 11) is -8.44. The van der Waals surface area contributed by atoms with Crippen LogP contribution in [0.1, 0.15) is 16.7 Å².